The van der Waals surface area contributed by atoms with Gasteiger partial charge in [-0.15, -0.1) is 11.3 Å². The van der Waals surface area contributed by atoms with Crippen LogP contribution in [0, 0.1) is 0 Å². The van der Waals surface area contributed by atoms with E-state index in [4.69, 9.17) is 0 Å². The van der Waals surface area contributed by atoms with E-state index >= 15 is 0 Å². The number of aromatic nitrogens is 4. The number of nitrogens with one attached hydrogen (secondary N) is 1. The van der Waals surface area contributed by atoms with Crippen molar-refractivity contribution in [2.24, 2.45) is 0 Å². The molecule has 0 saturated heterocycles. The van der Waals surface area contributed by atoms with Crippen LogP contribution in [-0.2, 0) is 0 Å². The largest absolute Gasteiger partial charge is 0.305 e. The fourth-order valence-electron chi connectivity index (χ4n) is 2.63. The van der Waals surface area contributed by atoms with Crippen LogP contribution in [0.15, 0.2) is 11.0 Å². The van der Waals surface area contributed by atoms with Crippen LogP contribution in [0.25, 0.3) is 16.0 Å². The summed E-state index contributed by atoms with van der Waals surface area (Å²) in [4.78, 5) is 19.9. The fourth-order valence-corrected chi connectivity index (χ4v) is 3.74. The molecule has 5 rings (SSSR count). The number of hydrogen-bond donors (Lipinski definition) is 1. The molecule has 3 heterocycles. The van der Waals surface area contributed by atoms with Gasteiger partial charge in [0, 0.05) is 11.5 Å². The maximum absolute atomic E-state index is 12.2. The molecule has 96 valence electrons. The van der Waals surface area contributed by atoms with Gasteiger partial charge in [-0.1, -0.05) is 0 Å². The number of fused-ring (bicyclic) bond motifs is 3. The van der Waals surface area contributed by atoms with Crippen molar-refractivity contribution in [1.82, 2.24) is 19.6 Å². The number of rotatable bonds is 2. The van der Waals surface area contributed by atoms with Crippen molar-refractivity contribution in [2.75, 3.05) is 0 Å². The second kappa shape index (κ2) is 3.25. The summed E-state index contributed by atoms with van der Waals surface area (Å²) in [6.45, 7) is 0. The summed E-state index contributed by atoms with van der Waals surface area (Å²) >= 11 is 1.53. The molecule has 2 aliphatic carbocycles. The minimum absolute atomic E-state index is 0.0192. The highest BCUT2D eigenvalue weighted by Gasteiger charge is 2.30. The number of thiazole rings is 1. The van der Waals surface area contributed by atoms with Gasteiger partial charge in [0.2, 0.25) is 0 Å². The summed E-state index contributed by atoms with van der Waals surface area (Å²) < 4.78 is 2.52. The van der Waals surface area contributed by atoms with Crippen molar-refractivity contribution >= 4 is 27.3 Å². The van der Waals surface area contributed by atoms with Gasteiger partial charge in [-0.25, -0.2) is 4.98 Å². The Hall–Kier alpha value is -1.69. The van der Waals surface area contributed by atoms with Crippen LogP contribution in [0.4, 0.5) is 0 Å². The molecule has 19 heavy (non-hydrogen) atoms. The van der Waals surface area contributed by atoms with Gasteiger partial charge in [-0.2, -0.15) is 9.61 Å². The standard InChI is InChI=1S/C13H12N4OS/c18-12-9-11(16-13(19-9)7-3-4-7)17-10(15-12)8(5-14-17)6-1-2-6/h5-7H,1-4H2,(H,15,18). The Labute approximate surface area is 112 Å². The van der Waals surface area contributed by atoms with E-state index in [9.17, 15) is 4.79 Å². The Morgan fingerprint density at radius 1 is 1.26 bits per heavy atom. The van der Waals surface area contributed by atoms with Gasteiger partial charge in [0.1, 0.15) is 10.3 Å². The van der Waals surface area contributed by atoms with E-state index in [0.717, 1.165) is 16.3 Å². The zero-order valence-electron chi connectivity index (χ0n) is 10.2. The average molecular weight is 272 g/mol. The van der Waals surface area contributed by atoms with Gasteiger partial charge in [0.15, 0.2) is 5.65 Å². The normalized spacial score (nSPS) is 19.6. The molecular weight excluding hydrogens is 260 g/mol. The Bertz CT molecular complexity index is 866. The molecule has 3 aromatic heterocycles. The smallest absolute Gasteiger partial charge is 0.270 e. The van der Waals surface area contributed by atoms with Crippen LogP contribution in [-0.4, -0.2) is 19.6 Å². The van der Waals surface area contributed by atoms with Crippen molar-refractivity contribution < 1.29 is 0 Å². The third-order valence-corrected chi connectivity index (χ3v) is 5.21. The average Bonchev–Trinajstić information content (AvgIpc) is 3.32. The van der Waals surface area contributed by atoms with E-state index < -0.39 is 0 Å². The summed E-state index contributed by atoms with van der Waals surface area (Å²) in [5, 5.41) is 5.53. The molecule has 2 fully saturated rings. The fraction of sp³-hybridized carbons (Fsp3) is 0.462. The first-order valence-corrected chi connectivity index (χ1v) is 7.53. The van der Waals surface area contributed by atoms with Crippen molar-refractivity contribution in [3.8, 4) is 0 Å². The van der Waals surface area contributed by atoms with Crippen LogP contribution < -0.4 is 5.56 Å². The minimum Gasteiger partial charge on any atom is -0.305 e. The van der Waals surface area contributed by atoms with E-state index in [1.54, 1.807) is 0 Å². The first-order chi connectivity index (χ1) is 9.31. The minimum atomic E-state index is -0.0192. The molecule has 0 spiro atoms. The van der Waals surface area contributed by atoms with Crippen molar-refractivity contribution in [3.63, 3.8) is 0 Å². The lowest BCUT2D eigenvalue weighted by molar-refractivity contribution is 0.952. The molecule has 2 aliphatic rings. The summed E-state index contributed by atoms with van der Waals surface area (Å²) in [5.41, 5.74) is 2.72. The molecule has 0 unspecified atom stereocenters. The van der Waals surface area contributed by atoms with Crippen LogP contribution in [0.3, 0.4) is 0 Å². The number of aromatic amines is 1. The van der Waals surface area contributed by atoms with Gasteiger partial charge in [-0.05, 0) is 31.6 Å². The van der Waals surface area contributed by atoms with Crippen molar-refractivity contribution in [1.29, 1.82) is 0 Å². The predicted molar refractivity (Wildman–Crippen MR) is 72.9 cm³/mol. The number of hydrogen-bond acceptors (Lipinski definition) is 4. The van der Waals surface area contributed by atoms with Crippen LogP contribution in [0.2, 0.25) is 0 Å². The van der Waals surface area contributed by atoms with Crippen molar-refractivity contribution in [2.45, 2.75) is 37.5 Å². The first-order valence-electron chi connectivity index (χ1n) is 6.71. The second-order valence-corrected chi connectivity index (χ2v) is 6.60. The quantitative estimate of drug-likeness (QED) is 0.779. The maximum atomic E-state index is 12.2. The van der Waals surface area contributed by atoms with Crippen LogP contribution >= 0.6 is 11.3 Å². The van der Waals surface area contributed by atoms with E-state index in [1.807, 2.05) is 10.7 Å². The zero-order chi connectivity index (χ0) is 12.6. The highest BCUT2D eigenvalue weighted by molar-refractivity contribution is 7.18. The number of H-pyrrole nitrogens is 1. The zero-order valence-corrected chi connectivity index (χ0v) is 11.0. The highest BCUT2D eigenvalue weighted by atomic mass is 32.1. The lowest BCUT2D eigenvalue weighted by Gasteiger charge is -1.96. The third kappa shape index (κ3) is 1.37. The van der Waals surface area contributed by atoms with Gasteiger partial charge in [-0.3, -0.25) is 4.79 Å². The third-order valence-electron chi connectivity index (χ3n) is 4.01. The van der Waals surface area contributed by atoms with E-state index in [2.05, 4.69) is 15.1 Å². The molecule has 0 bridgehead atoms. The Balaban J connectivity index is 1.88. The number of nitrogens with zero attached hydrogens (tertiary/aromatic N) is 3. The predicted octanol–water partition coefficient (Wildman–Crippen LogP) is 2.39. The van der Waals surface area contributed by atoms with Crippen LogP contribution in [0.5, 0.6) is 0 Å². The second-order valence-electron chi connectivity index (χ2n) is 5.57. The maximum Gasteiger partial charge on any atom is 0.270 e. The first kappa shape index (κ1) is 10.1. The Morgan fingerprint density at radius 3 is 2.79 bits per heavy atom. The Morgan fingerprint density at radius 2 is 2.05 bits per heavy atom. The van der Waals surface area contributed by atoms with Gasteiger partial charge in [0.05, 0.1) is 11.2 Å². The molecular formula is C13H12N4OS. The summed E-state index contributed by atoms with van der Waals surface area (Å²) in [6, 6.07) is 0. The SMILES string of the molecule is O=c1[nH]c2c(C3CC3)cnn2c2nc(C3CC3)sc12. The van der Waals surface area contributed by atoms with Gasteiger partial charge < -0.3 is 4.98 Å². The summed E-state index contributed by atoms with van der Waals surface area (Å²) in [7, 11) is 0. The molecule has 6 heteroatoms. The lowest BCUT2D eigenvalue weighted by Crippen LogP contribution is -2.09. The lowest BCUT2D eigenvalue weighted by atomic mass is 10.2. The van der Waals surface area contributed by atoms with E-state index in [1.165, 1.54) is 42.6 Å². The van der Waals surface area contributed by atoms with Gasteiger partial charge in [0.25, 0.3) is 5.56 Å². The molecule has 0 amide bonds. The summed E-state index contributed by atoms with van der Waals surface area (Å²) in [5.74, 6) is 1.15. The van der Waals surface area contributed by atoms with E-state index in [-0.39, 0.29) is 5.56 Å². The Kier molecular flexibility index (Phi) is 1.73. The van der Waals surface area contributed by atoms with Gasteiger partial charge >= 0.3 is 0 Å². The molecule has 1 N–H and O–H groups in total. The monoisotopic (exact) mass is 272 g/mol. The molecule has 0 atom stereocenters. The van der Waals surface area contributed by atoms with E-state index in [0.29, 0.717) is 16.5 Å². The molecule has 2 saturated carbocycles. The molecule has 5 nitrogen and oxygen atoms in total. The summed E-state index contributed by atoms with van der Waals surface area (Å²) in [6.07, 6.45) is 6.69. The molecule has 0 radical (unpaired) electrons. The molecule has 3 aromatic rings. The molecule has 0 aromatic carbocycles. The molecule has 0 aliphatic heterocycles. The van der Waals surface area contributed by atoms with Crippen LogP contribution in [0.1, 0.15) is 48.1 Å². The van der Waals surface area contributed by atoms with Crippen molar-refractivity contribution in [3.05, 3.63) is 27.1 Å². The highest BCUT2D eigenvalue weighted by Crippen LogP contribution is 2.44. The topological polar surface area (TPSA) is 63.0 Å².